The molecular weight excluding hydrogens is 334 g/mol. The van der Waals surface area contributed by atoms with E-state index in [0.717, 1.165) is 11.3 Å². The minimum Gasteiger partial charge on any atom is -0.495 e. The molecule has 0 bridgehead atoms. The lowest BCUT2D eigenvalue weighted by Gasteiger charge is -2.12. The van der Waals surface area contributed by atoms with Crippen molar-refractivity contribution in [2.24, 2.45) is 0 Å². The van der Waals surface area contributed by atoms with Gasteiger partial charge in [0.25, 0.3) is 0 Å². The summed E-state index contributed by atoms with van der Waals surface area (Å²) in [4.78, 5) is 12.8. The molecule has 1 heterocycles. The van der Waals surface area contributed by atoms with Crippen LogP contribution in [0, 0.1) is 0 Å². The topological polar surface area (TPSA) is 104 Å². The number of nitrogens with one attached hydrogen (secondary N) is 1. The van der Waals surface area contributed by atoms with Crippen molar-refractivity contribution in [1.29, 1.82) is 0 Å². The normalized spacial score (nSPS) is 10.3. The molecule has 0 saturated heterocycles. The zero-order valence-corrected chi connectivity index (χ0v) is 14.7. The van der Waals surface area contributed by atoms with Crippen molar-refractivity contribution in [3.05, 3.63) is 42.5 Å². The summed E-state index contributed by atoms with van der Waals surface area (Å²) in [6.07, 6.45) is 0. The van der Waals surface area contributed by atoms with Gasteiger partial charge < -0.3 is 25.3 Å². The molecule has 3 aromatic rings. The smallest absolute Gasteiger partial charge is 0.232 e. The molecule has 0 radical (unpaired) electrons. The summed E-state index contributed by atoms with van der Waals surface area (Å²) in [6, 6.07) is 12.8. The number of nitrogens with two attached hydrogens (primary N) is 1. The Morgan fingerprint density at radius 3 is 2.27 bits per heavy atom. The molecule has 0 saturated carbocycles. The van der Waals surface area contributed by atoms with Gasteiger partial charge in [0.05, 0.1) is 27.0 Å². The summed E-state index contributed by atoms with van der Waals surface area (Å²) in [5.41, 5.74) is 7.30. The second-order valence-corrected chi connectivity index (χ2v) is 5.24. The minimum absolute atomic E-state index is 0.0992. The molecule has 3 rings (SSSR count). The second-order valence-electron chi connectivity index (χ2n) is 5.24. The van der Waals surface area contributed by atoms with Crippen LogP contribution in [0.5, 0.6) is 17.2 Å². The fraction of sp³-hybridized carbons (Fsp3) is 0.167. The van der Waals surface area contributed by atoms with Crippen LogP contribution in [0.3, 0.4) is 0 Å². The summed E-state index contributed by atoms with van der Waals surface area (Å²) in [5.74, 6) is 2.68. The van der Waals surface area contributed by atoms with Gasteiger partial charge in [-0.05, 0) is 30.3 Å². The van der Waals surface area contributed by atoms with Crippen molar-refractivity contribution in [2.75, 3.05) is 32.4 Å². The minimum atomic E-state index is 0.0992. The molecule has 8 nitrogen and oxygen atoms in total. The lowest BCUT2D eigenvalue weighted by molar-refractivity contribution is 0.355. The number of methoxy groups -OCH3 is 3. The molecule has 0 aliphatic rings. The first-order chi connectivity index (χ1) is 12.6. The van der Waals surface area contributed by atoms with Gasteiger partial charge in [0.2, 0.25) is 11.9 Å². The van der Waals surface area contributed by atoms with Gasteiger partial charge in [-0.2, -0.15) is 15.0 Å². The van der Waals surface area contributed by atoms with Crippen LogP contribution in [0.2, 0.25) is 0 Å². The zero-order chi connectivity index (χ0) is 18.5. The van der Waals surface area contributed by atoms with Gasteiger partial charge in [0, 0.05) is 5.56 Å². The van der Waals surface area contributed by atoms with Crippen LogP contribution < -0.4 is 25.3 Å². The Balaban J connectivity index is 1.98. The molecule has 2 aromatic carbocycles. The molecule has 1 aromatic heterocycles. The highest BCUT2D eigenvalue weighted by molar-refractivity contribution is 5.66. The number of anilines is 3. The van der Waals surface area contributed by atoms with E-state index in [2.05, 4.69) is 20.3 Å². The number of benzene rings is 2. The van der Waals surface area contributed by atoms with Crippen LogP contribution >= 0.6 is 0 Å². The molecule has 8 heteroatoms. The molecule has 0 spiro atoms. The van der Waals surface area contributed by atoms with Crippen molar-refractivity contribution >= 4 is 17.6 Å². The third-order valence-corrected chi connectivity index (χ3v) is 3.65. The monoisotopic (exact) mass is 353 g/mol. The highest BCUT2D eigenvalue weighted by Gasteiger charge is 2.12. The molecule has 134 valence electrons. The lowest BCUT2D eigenvalue weighted by Crippen LogP contribution is -2.05. The molecule has 0 aliphatic carbocycles. The summed E-state index contributed by atoms with van der Waals surface area (Å²) in [6.45, 7) is 0. The van der Waals surface area contributed by atoms with Crippen LogP contribution in [0.15, 0.2) is 42.5 Å². The SMILES string of the molecule is COc1ccccc1Nc1nc(N)nc(-c2ccc(OC)c(OC)c2)n1. The second kappa shape index (κ2) is 7.56. The van der Waals surface area contributed by atoms with Crippen molar-refractivity contribution in [2.45, 2.75) is 0 Å². The number of hydrogen-bond donors (Lipinski definition) is 2. The Morgan fingerprint density at radius 2 is 1.54 bits per heavy atom. The summed E-state index contributed by atoms with van der Waals surface area (Å²) >= 11 is 0. The number of hydrogen-bond acceptors (Lipinski definition) is 8. The highest BCUT2D eigenvalue weighted by Crippen LogP contribution is 2.32. The average Bonchev–Trinajstić information content (AvgIpc) is 2.67. The number of rotatable bonds is 6. The van der Waals surface area contributed by atoms with Gasteiger partial charge in [-0.1, -0.05) is 12.1 Å². The standard InChI is InChI=1S/C18H19N5O3/c1-24-13-7-5-4-6-12(13)20-18-22-16(21-17(19)23-18)11-8-9-14(25-2)15(10-11)26-3/h4-10H,1-3H3,(H3,19,20,21,22,23). The van der Waals surface area contributed by atoms with Crippen molar-refractivity contribution in [3.8, 4) is 28.6 Å². The van der Waals surface area contributed by atoms with E-state index < -0.39 is 0 Å². The third kappa shape index (κ3) is 3.59. The molecule has 3 N–H and O–H groups in total. The molecule has 26 heavy (non-hydrogen) atoms. The van der Waals surface area contributed by atoms with Crippen LogP contribution in [-0.4, -0.2) is 36.3 Å². The summed E-state index contributed by atoms with van der Waals surface area (Å²) in [7, 11) is 4.74. The Hall–Kier alpha value is -3.55. The molecule has 0 fully saturated rings. The summed E-state index contributed by atoms with van der Waals surface area (Å²) in [5, 5.41) is 3.10. The van der Waals surface area contributed by atoms with Crippen LogP contribution in [0.4, 0.5) is 17.6 Å². The van der Waals surface area contributed by atoms with Crippen molar-refractivity contribution in [3.63, 3.8) is 0 Å². The maximum Gasteiger partial charge on any atom is 0.232 e. The van der Waals surface area contributed by atoms with Crippen molar-refractivity contribution < 1.29 is 14.2 Å². The van der Waals surface area contributed by atoms with E-state index in [0.29, 0.717) is 29.0 Å². The lowest BCUT2D eigenvalue weighted by atomic mass is 10.2. The third-order valence-electron chi connectivity index (χ3n) is 3.65. The molecule has 0 amide bonds. The Labute approximate surface area is 151 Å². The average molecular weight is 353 g/mol. The Kier molecular flexibility index (Phi) is 5.02. The summed E-state index contributed by atoms with van der Waals surface area (Å²) < 4.78 is 15.9. The van der Waals surface area contributed by atoms with Crippen LogP contribution in [-0.2, 0) is 0 Å². The molecule has 0 atom stereocenters. The maximum absolute atomic E-state index is 5.86. The molecule has 0 unspecified atom stereocenters. The first-order valence-corrected chi connectivity index (χ1v) is 7.78. The molecular formula is C18H19N5O3. The van der Waals surface area contributed by atoms with E-state index in [4.69, 9.17) is 19.9 Å². The Bertz CT molecular complexity index is 917. The number of nitrogens with zero attached hydrogens (tertiary/aromatic N) is 3. The first-order valence-electron chi connectivity index (χ1n) is 7.78. The van der Waals surface area contributed by atoms with Gasteiger partial charge in [0.1, 0.15) is 5.75 Å². The fourth-order valence-corrected chi connectivity index (χ4v) is 2.42. The Morgan fingerprint density at radius 1 is 0.808 bits per heavy atom. The van der Waals surface area contributed by atoms with E-state index in [1.807, 2.05) is 30.3 Å². The van der Waals surface area contributed by atoms with Gasteiger partial charge in [0.15, 0.2) is 17.3 Å². The van der Waals surface area contributed by atoms with Crippen LogP contribution in [0.1, 0.15) is 0 Å². The number of nitrogen functional groups attached to an aromatic ring is 1. The van der Waals surface area contributed by atoms with Gasteiger partial charge in [-0.25, -0.2) is 0 Å². The molecule has 0 aliphatic heterocycles. The van der Waals surface area contributed by atoms with Gasteiger partial charge >= 0.3 is 0 Å². The highest BCUT2D eigenvalue weighted by atomic mass is 16.5. The van der Waals surface area contributed by atoms with Gasteiger partial charge in [-0.15, -0.1) is 0 Å². The first kappa shape index (κ1) is 17.3. The van der Waals surface area contributed by atoms with Gasteiger partial charge in [-0.3, -0.25) is 0 Å². The fourth-order valence-electron chi connectivity index (χ4n) is 2.42. The van der Waals surface area contributed by atoms with E-state index in [-0.39, 0.29) is 5.95 Å². The number of ether oxygens (including phenoxy) is 3. The maximum atomic E-state index is 5.86. The zero-order valence-electron chi connectivity index (χ0n) is 14.7. The largest absolute Gasteiger partial charge is 0.495 e. The number of aromatic nitrogens is 3. The number of para-hydroxylation sites is 2. The van der Waals surface area contributed by atoms with Crippen molar-refractivity contribution in [1.82, 2.24) is 15.0 Å². The predicted molar refractivity (Wildman–Crippen MR) is 99.1 cm³/mol. The van der Waals surface area contributed by atoms with E-state index in [9.17, 15) is 0 Å². The van der Waals surface area contributed by atoms with E-state index >= 15 is 0 Å². The van der Waals surface area contributed by atoms with E-state index in [1.165, 1.54) is 0 Å². The quantitative estimate of drug-likeness (QED) is 0.697. The van der Waals surface area contributed by atoms with Crippen LogP contribution in [0.25, 0.3) is 11.4 Å². The van der Waals surface area contributed by atoms with E-state index in [1.54, 1.807) is 33.5 Å². The predicted octanol–water partition coefficient (Wildman–Crippen LogP) is 2.89.